The van der Waals surface area contributed by atoms with E-state index in [4.69, 9.17) is 0 Å². The monoisotopic (exact) mass is 247 g/mol. The van der Waals surface area contributed by atoms with Crippen molar-refractivity contribution in [2.75, 3.05) is 20.1 Å². The number of likely N-dealkylation sites (tertiary alicyclic amines) is 1. The molecule has 1 saturated heterocycles. The number of rotatable bonds is 3. The predicted molar refractivity (Wildman–Crippen MR) is 72.3 cm³/mol. The summed E-state index contributed by atoms with van der Waals surface area (Å²) in [6, 6.07) is 10.2. The molecule has 1 unspecified atom stereocenters. The third-order valence-corrected chi connectivity index (χ3v) is 3.26. The molecule has 1 aromatic carbocycles. The van der Waals surface area contributed by atoms with Crippen LogP contribution in [-0.4, -0.2) is 37.1 Å². The van der Waals surface area contributed by atoms with Gasteiger partial charge in [0.25, 0.3) is 0 Å². The van der Waals surface area contributed by atoms with Gasteiger partial charge in [-0.2, -0.15) is 0 Å². The van der Waals surface area contributed by atoms with Crippen molar-refractivity contribution in [1.29, 1.82) is 0 Å². The Labute approximate surface area is 108 Å². The molecule has 1 aromatic rings. The summed E-state index contributed by atoms with van der Waals surface area (Å²) < 4.78 is 0. The van der Waals surface area contributed by atoms with Gasteiger partial charge in [0, 0.05) is 19.1 Å². The van der Waals surface area contributed by atoms with Gasteiger partial charge in [-0.05, 0) is 32.0 Å². The fraction of sp³-hybridized carbons (Fsp3) is 0.500. The minimum atomic E-state index is -0.0702. The van der Waals surface area contributed by atoms with Crippen molar-refractivity contribution in [3.05, 3.63) is 35.9 Å². The Bertz CT molecular complexity index is 380. The maximum Gasteiger partial charge on any atom is 0.315 e. The van der Waals surface area contributed by atoms with E-state index in [0.717, 1.165) is 31.5 Å². The van der Waals surface area contributed by atoms with Crippen molar-refractivity contribution in [2.24, 2.45) is 0 Å². The van der Waals surface area contributed by atoms with Gasteiger partial charge in [0.1, 0.15) is 0 Å². The van der Waals surface area contributed by atoms with Gasteiger partial charge in [-0.25, -0.2) is 4.79 Å². The highest BCUT2D eigenvalue weighted by Gasteiger charge is 2.18. The van der Waals surface area contributed by atoms with Crippen molar-refractivity contribution in [3.8, 4) is 0 Å². The highest BCUT2D eigenvalue weighted by Crippen LogP contribution is 2.07. The van der Waals surface area contributed by atoms with E-state index >= 15 is 0 Å². The molecule has 98 valence electrons. The van der Waals surface area contributed by atoms with Gasteiger partial charge in [0.2, 0.25) is 0 Å². The summed E-state index contributed by atoms with van der Waals surface area (Å²) >= 11 is 0. The maximum absolute atomic E-state index is 11.8. The summed E-state index contributed by atoms with van der Waals surface area (Å²) in [6.07, 6.45) is 2.23. The predicted octanol–water partition coefficient (Wildman–Crippen LogP) is 1.58. The molecule has 0 saturated carbocycles. The molecule has 2 N–H and O–H groups in total. The highest BCUT2D eigenvalue weighted by molar-refractivity contribution is 5.74. The van der Waals surface area contributed by atoms with Crippen LogP contribution in [0.25, 0.3) is 0 Å². The average molecular weight is 247 g/mol. The van der Waals surface area contributed by atoms with Gasteiger partial charge in [0.15, 0.2) is 0 Å². The van der Waals surface area contributed by atoms with Crippen LogP contribution >= 0.6 is 0 Å². The van der Waals surface area contributed by atoms with E-state index in [2.05, 4.69) is 22.6 Å². The summed E-state index contributed by atoms with van der Waals surface area (Å²) in [6.45, 7) is 2.65. The van der Waals surface area contributed by atoms with Gasteiger partial charge in [-0.1, -0.05) is 30.3 Å². The first-order valence-electron chi connectivity index (χ1n) is 6.51. The number of urea groups is 1. The fourth-order valence-electron chi connectivity index (χ4n) is 2.30. The first kappa shape index (κ1) is 12.9. The summed E-state index contributed by atoms with van der Waals surface area (Å²) in [7, 11) is 2.09. The van der Waals surface area contributed by atoms with Crippen LogP contribution in [0.5, 0.6) is 0 Å². The number of nitrogens with zero attached hydrogens (tertiary/aromatic N) is 1. The normalized spacial score (nSPS) is 20.4. The molecule has 18 heavy (non-hydrogen) atoms. The fourth-order valence-corrected chi connectivity index (χ4v) is 2.30. The molecule has 0 aliphatic carbocycles. The van der Waals surface area contributed by atoms with Crippen molar-refractivity contribution < 1.29 is 4.79 Å². The second-order valence-electron chi connectivity index (χ2n) is 4.91. The molecule has 1 fully saturated rings. The topological polar surface area (TPSA) is 44.4 Å². The summed E-state index contributed by atoms with van der Waals surface area (Å²) in [5.41, 5.74) is 1.12. The van der Waals surface area contributed by atoms with Gasteiger partial charge in [0.05, 0.1) is 0 Å². The maximum atomic E-state index is 11.8. The molecule has 0 spiro atoms. The summed E-state index contributed by atoms with van der Waals surface area (Å²) in [5.74, 6) is 0. The van der Waals surface area contributed by atoms with E-state index in [1.165, 1.54) is 0 Å². The van der Waals surface area contributed by atoms with Gasteiger partial charge >= 0.3 is 6.03 Å². The Hall–Kier alpha value is -1.55. The number of benzene rings is 1. The Morgan fingerprint density at radius 1 is 1.39 bits per heavy atom. The molecule has 4 heteroatoms. The zero-order chi connectivity index (χ0) is 12.8. The first-order chi connectivity index (χ1) is 8.74. The van der Waals surface area contributed by atoms with Crippen molar-refractivity contribution in [3.63, 3.8) is 0 Å². The number of piperidine rings is 1. The van der Waals surface area contributed by atoms with Crippen LogP contribution in [0.1, 0.15) is 18.4 Å². The van der Waals surface area contributed by atoms with Crippen LogP contribution in [0.15, 0.2) is 30.3 Å². The minimum Gasteiger partial charge on any atom is -0.334 e. The molecule has 2 amide bonds. The van der Waals surface area contributed by atoms with Crippen LogP contribution in [0.4, 0.5) is 4.79 Å². The first-order valence-corrected chi connectivity index (χ1v) is 6.51. The highest BCUT2D eigenvalue weighted by atomic mass is 16.2. The SMILES string of the molecule is CN1CCCC(NC(=O)NCc2ccccc2)C1. The number of likely N-dealkylation sites (N-methyl/N-ethyl adjacent to an activating group) is 1. The summed E-state index contributed by atoms with van der Waals surface area (Å²) in [5, 5.41) is 5.92. The molecule has 0 bridgehead atoms. The third-order valence-electron chi connectivity index (χ3n) is 3.26. The molecular weight excluding hydrogens is 226 g/mol. The smallest absolute Gasteiger partial charge is 0.315 e. The Balaban J connectivity index is 1.72. The Morgan fingerprint density at radius 2 is 2.17 bits per heavy atom. The lowest BCUT2D eigenvalue weighted by atomic mass is 10.1. The van der Waals surface area contributed by atoms with E-state index in [9.17, 15) is 4.79 Å². The lowest BCUT2D eigenvalue weighted by molar-refractivity contribution is 0.209. The van der Waals surface area contributed by atoms with Crippen LogP contribution in [0.2, 0.25) is 0 Å². The Morgan fingerprint density at radius 3 is 2.89 bits per heavy atom. The zero-order valence-corrected chi connectivity index (χ0v) is 10.9. The number of hydrogen-bond acceptors (Lipinski definition) is 2. The number of hydrogen-bond donors (Lipinski definition) is 2. The van der Waals surface area contributed by atoms with E-state index in [1.54, 1.807) is 0 Å². The second kappa shape index (κ2) is 6.40. The van der Waals surface area contributed by atoms with Gasteiger partial charge < -0.3 is 15.5 Å². The standard InChI is InChI=1S/C14H21N3O/c1-17-9-5-8-13(11-17)16-14(18)15-10-12-6-3-2-4-7-12/h2-4,6-7,13H,5,8-11H2,1H3,(H2,15,16,18). The van der Waals surface area contributed by atoms with Crippen LogP contribution < -0.4 is 10.6 Å². The minimum absolute atomic E-state index is 0.0702. The Kier molecular flexibility index (Phi) is 4.59. The van der Waals surface area contributed by atoms with Crippen LogP contribution in [0.3, 0.4) is 0 Å². The molecule has 1 atom stereocenters. The van der Waals surface area contributed by atoms with Crippen LogP contribution in [-0.2, 0) is 6.54 Å². The molecule has 1 heterocycles. The number of amides is 2. The van der Waals surface area contributed by atoms with Gasteiger partial charge in [-0.15, -0.1) is 0 Å². The molecule has 0 aromatic heterocycles. The van der Waals surface area contributed by atoms with E-state index in [0.29, 0.717) is 6.54 Å². The summed E-state index contributed by atoms with van der Waals surface area (Å²) in [4.78, 5) is 14.0. The molecule has 2 rings (SSSR count). The number of nitrogens with one attached hydrogen (secondary N) is 2. The lowest BCUT2D eigenvalue weighted by Crippen LogP contribution is -2.49. The zero-order valence-electron chi connectivity index (χ0n) is 10.9. The van der Waals surface area contributed by atoms with Crippen molar-refractivity contribution in [1.82, 2.24) is 15.5 Å². The lowest BCUT2D eigenvalue weighted by Gasteiger charge is -2.30. The third kappa shape index (κ3) is 4.04. The molecular formula is C14H21N3O. The number of carbonyl (C=O) groups excluding carboxylic acids is 1. The quantitative estimate of drug-likeness (QED) is 0.851. The average Bonchev–Trinajstić information content (AvgIpc) is 2.38. The van der Waals surface area contributed by atoms with E-state index in [-0.39, 0.29) is 12.1 Å². The van der Waals surface area contributed by atoms with Crippen LogP contribution in [0, 0.1) is 0 Å². The van der Waals surface area contributed by atoms with Crippen molar-refractivity contribution >= 4 is 6.03 Å². The molecule has 1 aliphatic rings. The molecule has 1 aliphatic heterocycles. The number of carbonyl (C=O) groups is 1. The largest absolute Gasteiger partial charge is 0.334 e. The van der Waals surface area contributed by atoms with E-state index in [1.807, 2.05) is 30.3 Å². The van der Waals surface area contributed by atoms with E-state index < -0.39 is 0 Å². The molecule has 4 nitrogen and oxygen atoms in total. The second-order valence-corrected chi connectivity index (χ2v) is 4.91. The van der Waals surface area contributed by atoms with Crippen molar-refractivity contribution in [2.45, 2.75) is 25.4 Å². The molecule has 0 radical (unpaired) electrons. The van der Waals surface area contributed by atoms with Gasteiger partial charge in [-0.3, -0.25) is 0 Å².